The summed E-state index contributed by atoms with van der Waals surface area (Å²) in [5, 5.41) is 4.11. The molecule has 1 saturated carbocycles. The van der Waals surface area contributed by atoms with Crippen LogP contribution in [0.3, 0.4) is 0 Å². The molecule has 19 heavy (non-hydrogen) atoms. The minimum atomic E-state index is -0.520. The third-order valence-corrected chi connectivity index (χ3v) is 5.07. The number of rotatable bonds is 4. The van der Waals surface area contributed by atoms with Crippen LogP contribution in [-0.4, -0.2) is 17.5 Å². The van der Waals surface area contributed by atoms with Gasteiger partial charge >= 0.3 is 0 Å². The lowest BCUT2D eigenvalue weighted by atomic mass is 9.93. The number of halogens is 2. The molecule has 1 aliphatic rings. The van der Waals surface area contributed by atoms with Crippen LogP contribution in [0.5, 0.6) is 0 Å². The Hall–Kier alpha value is -0.610. The molecule has 1 fully saturated rings. The van der Waals surface area contributed by atoms with E-state index in [2.05, 4.69) is 11.6 Å². The Kier molecular flexibility index (Phi) is 5.22. The number of hydrogen-bond acceptors (Lipinski definition) is 2. The Balaban J connectivity index is 2.05. The number of hydrogen-bond donors (Lipinski definition) is 1. The molecule has 0 bridgehead atoms. The van der Waals surface area contributed by atoms with Crippen LogP contribution < -0.4 is 5.32 Å². The van der Waals surface area contributed by atoms with Gasteiger partial charge in [0.1, 0.15) is 11.6 Å². The monoisotopic (exact) mass is 285 g/mol. The maximum Gasteiger partial charge on any atom is 0.130 e. The molecule has 0 radical (unpaired) electrons. The van der Waals surface area contributed by atoms with Crippen molar-refractivity contribution in [1.29, 1.82) is 0 Å². The Labute approximate surface area is 118 Å². The van der Waals surface area contributed by atoms with Crippen molar-refractivity contribution in [2.24, 2.45) is 0 Å². The molecule has 1 aromatic carbocycles. The molecule has 0 spiro atoms. The van der Waals surface area contributed by atoms with Crippen molar-refractivity contribution in [3.63, 3.8) is 0 Å². The first-order valence-corrected chi connectivity index (χ1v) is 8.14. The second-order valence-corrected chi connectivity index (χ2v) is 6.30. The first-order chi connectivity index (χ1) is 9.11. The van der Waals surface area contributed by atoms with Crippen molar-refractivity contribution in [2.45, 2.75) is 49.9 Å². The van der Waals surface area contributed by atoms with Crippen LogP contribution >= 0.6 is 11.8 Å². The highest BCUT2D eigenvalue weighted by Crippen LogP contribution is 2.29. The molecule has 0 amide bonds. The normalized spacial score (nSPS) is 25.3. The lowest BCUT2D eigenvalue weighted by Crippen LogP contribution is -2.41. The summed E-state index contributed by atoms with van der Waals surface area (Å²) in [5.41, 5.74) is 0.548. The molecular weight excluding hydrogens is 264 g/mol. The molecule has 1 aliphatic carbocycles. The van der Waals surface area contributed by atoms with Gasteiger partial charge in [-0.1, -0.05) is 18.9 Å². The quantitative estimate of drug-likeness (QED) is 0.885. The van der Waals surface area contributed by atoms with E-state index in [-0.39, 0.29) is 6.04 Å². The molecule has 0 saturated heterocycles. The SMILES string of the molecule is CSC1CCCCC1NC(C)c1ccc(F)cc1F. The summed E-state index contributed by atoms with van der Waals surface area (Å²) < 4.78 is 26.7. The standard InChI is InChI=1S/C15H21F2NS/c1-10(12-8-7-11(16)9-13(12)17)18-14-5-3-4-6-15(14)19-2/h7-10,14-15,18H,3-6H2,1-2H3. The van der Waals surface area contributed by atoms with Gasteiger partial charge in [0.2, 0.25) is 0 Å². The first kappa shape index (κ1) is 14.8. The summed E-state index contributed by atoms with van der Waals surface area (Å²) in [4.78, 5) is 0. The lowest BCUT2D eigenvalue weighted by Gasteiger charge is -2.33. The maximum absolute atomic E-state index is 13.7. The largest absolute Gasteiger partial charge is 0.306 e. The second kappa shape index (κ2) is 6.71. The molecule has 3 atom stereocenters. The highest BCUT2D eigenvalue weighted by atomic mass is 32.2. The van der Waals surface area contributed by atoms with Gasteiger partial charge in [-0.05, 0) is 32.1 Å². The summed E-state index contributed by atoms with van der Waals surface area (Å²) in [6.07, 6.45) is 7.00. The fraction of sp³-hybridized carbons (Fsp3) is 0.600. The molecule has 0 aromatic heterocycles. The van der Waals surface area contributed by atoms with Gasteiger partial charge in [0.05, 0.1) is 0 Å². The zero-order valence-corrected chi connectivity index (χ0v) is 12.3. The topological polar surface area (TPSA) is 12.0 Å². The van der Waals surface area contributed by atoms with E-state index in [4.69, 9.17) is 0 Å². The highest BCUT2D eigenvalue weighted by molar-refractivity contribution is 7.99. The van der Waals surface area contributed by atoms with Crippen LogP contribution in [0.1, 0.15) is 44.2 Å². The number of nitrogens with one attached hydrogen (secondary N) is 1. The predicted molar refractivity (Wildman–Crippen MR) is 77.5 cm³/mol. The van der Waals surface area contributed by atoms with Crippen molar-refractivity contribution in [1.82, 2.24) is 5.32 Å². The molecular formula is C15H21F2NS. The Bertz CT molecular complexity index is 425. The van der Waals surface area contributed by atoms with Crippen molar-refractivity contribution < 1.29 is 8.78 Å². The Morgan fingerprint density at radius 3 is 2.68 bits per heavy atom. The van der Waals surface area contributed by atoms with E-state index >= 15 is 0 Å². The Morgan fingerprint density at radius 1 is 1.26 bits per heavy atom. The van der Waals surface area contributed by atoms with Gasteiger partial charge in [0, 0.05) is 29.0 Å². The molecule has 4 heteroatoms. The van der Waals surface area contributed by atoms with Gasteiger partial charge in [-0.15, -0.1) is 0 Å². The maximum atomic E-state index is 13.7. The van der Waals surface area contributed by atoms with Gasteiger partial charge in [-0.2, -0.15) is 11.8 Å². The highest BCUT2D eigenvalue weighted by Gasteiger charge is 2.26. The minimum Gasteiger partial charge on any atom is -0.306 e. The van der Waals surface area contributed by atoms with E-state index in [0.29, 0.717) is 16.9 Å². The van der Waals surface area contributed by atoms with Crippen LogP contribution in [0.15, 0.2) is 18.2 Å². The smallest absolute Gasteiger partial charge is 0.130 e. The summed E-state index contributed by atoms with van der Waals surface area (Å²) >= 11 is 1.88. The van der Waals surface area contributed by atoms with Crippen LogP contribution in [-0.2, 0) is 0 Å². The van der Waals surface area contributed by atoms with Crippen molar-refractivity contribution in [3.05, 3.63) is 35.4 Å². The molecule has 1 nitrogen and oxygen atoms in total. The van der Waals surface area contributed by atoms with E-state index in [1.54, 1.807) is 6.07 Å². The van der Waals surface area contributed by atoms with Gasteiger partial charge in [0.15, 0.2) is 0 Å². The number of benzene rings is 1. The Morgan fingerprint density at radius 2 is 2.00 bits per heavy atom. The predicted octanol–water partition coefficient (Wildman–Crippen LogP) is 4.29. The molecule has 0 heterocycles. The number of thioether (sulfide) groups is 1. The van der Waals surface area contributed by atoms with Crippen molar-refractivity contribution in [3.8, 4) is 0 Å². The zero-order chi connectivity index (χ0) is 13.8. The summed E-state index contributed by atoms with van der Waals surface area (Å²) in [6, 6.07) is 4.16. The second-order valence-electron chi connectivity index (χ2n) is 5.22. The third-order valence-electron chi connectivity index (χ3n) is 3.90. The van der Waals surface area contributed by atoms with Crippen LogP contribution in [0, 0.1) is 11.6 Å². The molecule has 2 rings (SSSR count). The molecule has 1 N–H and O–H groups in total. The van der Waals surface area contributed by atoms with E-state index in [9.17, 15) is 8.78 Å². The van der Waals surface area contributed by atoms with Gasteiger partial charge in [0.25, 0.3) is 0 Å². The van der Waals surface area contributed by atoms with Gasteiger partial charge in [-0.3, -0.25) is 0 Å². The summed E-state index contributed by atoms with van der Waals surface area (Å²) in [6.45, 7) is 1.95. The van der Waals surface area contributed by atoms with E-state index in [1.807, 2.05) is 18.7 Å². The summed E-state index contributed by atoms with van der Waals surface area (Å²) in [7, 11) is 0. The van der Waals surface area contributed by atoms with E-state index in [0.717, 1.165) is 12.5 Å². The van der Waals surface area contributed by atoms with Crippen LogP contribution in [0.25, 0.3) is 0 Å². The minimum absolute atomic E-state index is 0.0849. The van der Waals surface area contributed by atoms with Crippen molar-refractivity contribution >= 4 is 11.8 Å². The fourth-order valence-corrected chi connectivity index (χ4v) is 3.78. The van der Waals surface area contributed by atoms with Crippen LogP contribution in [0.4, 0.5) is 8.78 Å². The fourth-order valence-electron chi connectivity index (χ4n) is 2.83. The van der Waals surface area contributed by atoms with Crippen molar-refractivity contribution in [2.75, 3.05) is 6.26 Å². The molecule has 1 aromatic rings. The van der Waals surface area contributed by atoms with E-state index in [1.165, 1.54) is 25.3 Å². The van der Waals surface area contributed by atoms with Gasteiger partial charge < -0.3 is 5.32 Å². The average Bonchev–Trinajstić information content (AvgIpc) is 2.39. The zero-order valence-electron chi connectivity index (χ0n) is 11.5. The van der Waals surface area contributed by atoms with E-state index < -0.39 is 11.6 Å². The third kappa shape index (κ3) is 3.69. The molecule has 0 aliphatic heterocycles. The first-order valence-electron chi connectivity index (χ1n) is 6.85. The molecule has 106 valence electrons. The molecule has 3 unspecified atom stereocenters. The average molecular weight is 285 g/mol. The van der Waals surface area contributed by atoms with Gasteiger partial charge in [-0.25, -0.2) is 8.78 Å². The van der Waals surface area contributed by atoms with Crippen LogP contribution in [0.2, 0.25) is 0 Å². The summed E-state index contributed by atoms with van der Waals surface area (Å²) in [5.74, 6) is -0.982. The lowest BCUT2D eigenvalue weighted by molar-refractivity contribution is 0.352.